The molecule has 0 spiro atoms. The number of benzene rings is 2. The quantitative estimate of drug-likeness (QED) is 0.353. The zero-order chi connectivity index (χ0) is 21.8. The molecule has 2 atom stereocenters. The molecule has 30 heavy (non-hydrogen) atoms. The fourth-order valence-corrected chi connectivity index (χ4v) is 3.74. The molecule has 0 saturated heterocycles. The van der Waals surface area contributed by atoms with Crippen LogP contribution in [0.25, 0.3) is 0 Å². The topological polar surface area (TPSA) is 43.7 Å². The van der Waals surface area contributed by atoms with Gasteiger partial charge in [0.05, 0.1) is 13.2 Å². The Morgan fingerprint density at radius 1 is 1.00 bits per heavy atom. The van der Waals surface area contributed by atoms with Gasteiger partial charge < -0.3 is 15.1 Å². The minimum atomic E-state index is 0.0340. The lowest BCUT2D eigenvalue weighted by atomic mass is 9.81. The summed E-state index contributed by atoms with van der Waals surface area (Å²) in [6, 6.07) is 18.5. The summed E-state index contributed by atoms with van der Waals surface area (Å²) in [6.07, 6.45) is 8.92. The van der Waals surface area contributed by atoms with Crippen molar-refractivity contribution < 1.29 is 10.2 Å². The second-order valence-corrected chi connectivity index (χ2v) is 7.68. The highest BCUT2D eigenvalue weighted by molar-refractivity contribution is 6.30. The van der Waals surface area contributed by atoms with E-state index in [1.807, 2.05) is 29.2 Å². The van der Waals surface area contributed by atoms with Gasteiger partial charge in [-0.05, 0) is 41.7 Å². The lowest BCUT2D eigenvalue weighted by Gasteiger charge is -2.26. The Bertz CT molecular complexity index is 809. The molecule has 0 aliphatic heterocycles. The average molecular weight is 426 g/mol. The highest BCUT2D eigenvalue weighted by atomic mass is 35.5. The Morgan fingerprint density at radius 3 is 2.17 bits per heavy atom. The van der Waals surface area contributed by atoms with Gasteiger partial charge >= 0.3 is 0 Å². The van der Waals surface area contributed by atoms with Crippen molar-refractivity contribution in [2.24, 2.45) is 5.92 Å². The molecule has 0 bridgehead atoms. The van der Waals surface area contributed by atoms with Gasteiger partial charge in [-0.2, -0.15) is 0 Å². The fraction of sp³-hybridized carbons (Fsp3) is 0.308. The van der Waals surface area contributed by atoms with Crippen LogP contribution in [-0.4, -0.2) is 41.4 Å². The van der Waals surface area contributed by atoms with Gasteiger partial charge in [-0.15, -0.1) is 6.58 Å². The molecule has 0 radical (unpaired) electrons. The second kappa shape index (κ2) is 13.1. The predicted octanol–water partition coefficient (Wildman–Crippen LogP) is 5.41. The number of hydrogen-bond acceptors (Lipinski definition) is 3. The van der Waals surface area contributed by atoms with Crippen molar-refractivity contribution in [2.75, 3.05) is 26.3 Å². The van der Waals surface area contributed by atoms with Crippen molar-refractivity contribution in [1.82, 2.24) is 4.90 Å². The Kier molecular flexibility index (Phi) is 10.4. The van der Waals surface area contributed by atoms with E-state index in [0.29, 0.717) is 13.1 Å². The third-order valence-corrected chi connectivity index (χ3v) is 5.33. The van der Waals surface area contributed by atoms with E-state index in [1.54, 1.807) is 0 Å². The number of aliphatic hydroxyl groups excluding tert-OH is 2. The van der Waals surface area contributed by atoms with Crippen LogP contribution >= 0.6 is 11.6 Å². The number of rotatable bonds is 12. The van der Waals surface area contributed by atoms with E-state index in [2.05, 4.69) is 68.1 Å². The number of nitrogens with zero attached hydrogens (tertiary/aromatic N) is 1. The summed E-state index contributed by atoms with van der Waals surface area (Å²) in [6.45, 7) is 7.02. The molecule has 2 rings (SSSR count). The lowest BCUT2D eigenvalue weighted by Crippen LogP contribution is -2.28. The van der Waals surface area contributed by atoms with E-state index < -0.39 is 0 Å². The number of aliphatic hydroxyl groups is 2. The maximum atomic E-state index is 9.42. The molecule has 0 fully saturated rings. The molecule has 4 heteroatoms. The average Bonchev–Trinajstić information content (AvgIpc) is 2.76. The van der Waals surface area contributed by atoms with Gasteiger partial charge in [0.2, 0.25) is 0 Å². The Hall–Kier alpha value is -2.33. The standard InChI is InChI=1S/C26H32ClNO2/c1-3-4-10-25(28(17-19-29)18-20-30)16-11-21(2)26(22-8-6-5-7-9-22)23-12-14-24(27)15-13-23/h3,5-16,21,26,29-30H,1,4,17-20H2,2H3/b16-11-,25-10+. The Morgan fingerprint density at radius 2 is 1.60 bits per heavy atom. The summed E-state index contributed by atoms with van der Waals surface area (Å²) >= 11 is 6.11. The lowest BCUT2D eigenvalue weighted by molar-refractivity contribution is 0.192. The fourth-order valence-electron chi connectivity index (χ4n) is 3.61. The highest BCUT2D eigenvalue weighted by Gasteiger charge is 2.20. The molecule has 0 heterocycles. The van der Waals surface area contributed by atoms with Crippen LogP contribution in [0.5, 0.6) is 0 Å². The third-order valence-electron chi connectivity index (χ3n) is 5.08. The van der Waals surface area contributed by atoms with Crippen LogP contribution in [-0.2, 0) is 0 Å². The van der Waals surface area contributed by atoms with E-state index in [1.165, 1.54) is 11.1 Å². The number of allylic oxidation sites excluding steroid dienone is 4. The van der Waals surface area contributed by atoms with Crippen molar-refractivity contribution in [1.29, 1.82) is 0 Å². The molecule has 0 saturated carbocycles. The molecule has 0 aromatic heterocycles. The predicted molar refractivity (Wildman–Crippen MR) is 127 cm³/mol. The molecule has 0 aliphatic rings. The van der Waals surface area contributed by atoms with Crippen molar-refractivity contribution in [3.05, 3.63) is 107 Å². The van der Waals surface area contributed by atoms with Gasteiger partial charge in [0.15, 0.2) is 0 Å². The second-order valence-electron chi connectivity index (χ2n) is 7.25. The van der Waals surface area contributed by atoms with E-state index in [-0.39, 0.29) is 25.0 Å². The smallest absolute Gasteiger partial charge is 0.0606 e. The number of halogens is 1. The van der Waals surface area contributed by atoms with Crippen molar-refractivity contribution >= 4 is 11.6 Å². The van der Waals surface area contributed by atoms with E-state index in [4.69, 9.17) is 11.6 Å². The first-order chi connectivity index (χ1) is 14.6. The molecule has 2 aromatic carbocycles. The van der Waals surface area contributed by atoms with E-state index in [0.717, 1.165) is 17.1 Å². The van der Waals surface area contributed by atoms with Crippen LogP contribution in [0.4, 0.5) is 0 Å². The summed E-state index contributed by atoms with van der Waals surface area (Å²) in [5.74, 6) is 0.398. The van der Waals surface area contributed by atoms with Gasteiger partial charge in [-0.25, -0.2) is 0 Å². The van der Waals surface area contributed by atoms with Gasteiger partial charge in [0.1, 0.15) is 0 Å². The van der Waals surface area contributed by atoms with Gasteiger partial charge in [-0.3, -0.25) is 0 Å². The molecule has 0 aliphatic carbocycles. The Balaban J connectivity index is 2.35. The van der Waals surface area contributed by atoms with E-state index in [9.17, 15) is 10.2 Å². The largest absolute Gasteiger partial charge is 0.395 e. The van der Waals surface area contributed by atoms with Crippen LogP contribution in [0, 0.1) is 5.92 Å². The summed E-state index contributed by atoms with van der Waals surface area (Å²) < 4.78 is 0. The minimum absolute atomic E-state index is 0.0340. The van der Waals surface area contributed by atoms with Crippen LogP contribution in [0.1, 0.15) is 30.4 Å². The number of hydrogen-bond donors (Lipinski definition) is 2. The molecular formula is C26H32ClNO2. The van der Waals surface area contributed by atoms with Crippen LogP contribution in [0.2, 0.25) is 5.02 Å². The molecule has 3 nitrogen and oxygen atoms in total. The van der Waals surface area contributed by atoms with Crippen molar-refractivity contribution in [3.8, 4) is 0 Å². The zero-order valence-corrected chi connectivity index (χ0v) is 18.4. The van der Waals surface area contributed by atoms with Gasteiger partial charge in [0.25, 0.3) is 0 Å². The van der Waals surface area contributed by atoms with Crippen molar-refractivity contribution in [2.45, 2.75) is 19.3 Å². The first kappa shape index (κ1) is 23.9. The van der Waals surface area contributed by atoms with Crippen molar-refractivity contribution in [3.63, 3.8) is 0 Å². The summed E-state index contributed by atoms with van der Waals surface area (Å²) in [4.78, 5) is 1.99. The first-order valence-electron chi connectivity index (χ1n) is 10.4. The van der Waals surface area contributed by atoms with E-state index >= 15 is 0 Å². The highest BCUT2D eigenvalue weighted by Crippen LogP contribution is 2.33. The molecule has 2 aromatic rings. The monoisotopic (exact) mass is 425 g/mol. The Labute approximate surface area is 185 Å². The first-order valence-corrected chi connectivity index (χ1v) is 10.7. The summed E-state index contributed by atoms with van der Waals surface area (Å²) in [5.41, 5.74) is 3.44. The molecule has 160 valence electrons. The maximum absolute atomic E-state index is 9.42. The maximum Gasteiger partial charge on any atom is 0.0606 e. The summed E-state index contributed by atoms with van der Waals surface area (Å²) in [5, 5.41) is 19.6. The van der Waals surface area contributed by atoms with Gasteiger partial charge in [-0.1, -0.05) is 79.2 Å². The van der Waals surface area contributed by atoms with Crippen LogP contribution in [0.3, 0.4) is 0 Å². The molecule has 2 unspecified atom stereocenters. The normalized spacial score (nSPS) is 13.9. The third kappa shape index (κ3) is 7.17. The molecule has 0 amide bonds. The molecule has 2 N–H and O–H groups in total. The minimum Gasteiger partial charge on any atom is -0.395 e. The zero-order valence-electron chi connectivity index (χ0n) is 17.6. The SMILES string of the molecule is C=CC/C=C(\C=C/C(C)C(c1ccccc1)c1ccc(Cl)cc1)N(CCO)CCO. The van der Waals surface area contributed by atoms with Crippen LogP contribution < -0.4 is 0 Å². The molecular weight excluding hydrogens is 394 g/mol. The van der Waals surface area contributed by atoms with Crippen LogP contribution in [0.15, 0.2) is 91.2 Å². The van der Waals surface area contributed by atoms with Gasteiger partial charge in [0, 0.05) is 29.7 Å². The summed E-state index contributed by atoms with van der Waals surface area (Å²) in [7, 11) is 0.